The standard InChI is InChI=1S/C15H15FN2O2/c1-15(9-3-2-4-12(15)13(17)19)18-14(20)10-5-7-11(16)8-6-10/h2-8H,9H2,1H3,(H2,17,19)(H,18,20). The Bertz CT molecular complexity index is 605. The summed E-state index contributed by atoms with van der Waals surface area (Å²) in [5, 5.41) is 2.78. The first-order valence-corrected chi connectivity index (χ1v) is 6.17. The highest BCUT2D eigenvalue weighted by Gasteiger charge is 2.34. The lowest BCUT2D eigenvalue weighted by Gasteiger charge is -2.32. The molecule has 0 radical (unpaired) electrons. The number of amides is 2. The fraction of sp³-hybridized carbons (Fsp3) is 0.200. The highest BCUT2D eigenvalue weighted by Crippen LogP contribution is 2.25. The van der Waals surface area contributed by atoms with Crippen LogP contribution in [0.1, 0.15) is 23.7 Å². The zero-order chi connectivity index (χ0) is 14.8. The lowest BCUT2D eigenvalue weighted by atomic mass is 9.84. The minimum Gasteiger partial charge on any atom is -0.366 e. The van der Waals surface area contributed by atoms with Crippen LogP contribution in [0.3, 0.4) is 0 Å². The number of hydrogen-bond acceptors (Lipinski definition) is 2. The summed E-state index contributed by atoms with van der Waals surface area (Å²) in [6, 6.07) is 5.20. The molecule has 1 aliphatic rings. The number of halogens is 1. The molecule has 0 aromatic heterocycles. The molecule has 1 aliphatic carbocycles. The molecule has 3 N–H and O–H groups in total. The van der Waals surface area contributed by atoms with E-state index in [9.17, 15) is 14.0 Å². The Labute approximate surface area is 116 Å². The second kappa shape index (κ2) is 5.28. The van der Waals surface area contributed by atoms with Crippen LogP contribution in [0.4, 0.5) is 4.39 Å². The second-order valence-corrected chi connectivity index (χ2v) is 4.87. The van der Waals surface area contributed by atoms with Crippen molar-refractivity contribution in [2.75, 3.05) is 0 Å². The molecule has 0 fully saturated rings. The molecular weight excluding hydrogens is 259 g/mol. The highest BCUT2D eigenvalue weighted by molar-refractivity contribution is 5.99. The Kier molecular flexibility index (Phi) is 3.70. The summed E-state index contributed by atoms with van der Waals surface area (Å²) in [5.41, 5.74) is 5.15. The van der Waals surface area contributed by atoms with Gasteiger partial charge in [-0.2, -0.15) is 0 Å². The van der Waals surface area contributed by atoms with Crippen LogP contribution < -0.4 is 11.1 Å². The van der Waals surface area contributed by atoms with Crippen LogP contribution in [0.25, 0.3) is 0 Å². The van der Waals surface area contributed by atoms with Crippen LogP contribution in [0.5, 0.6) is 0 Å². The first-order valence-electron chi connectivity index (χ1n) is 6.17. The molecule has 0 bridgehead atoms. The topological polar surface area (TPSA) is 72.2 Å². The van der Waals surface area contributed by atoms with Crippen molar-refractivity contribution in [2.24, 2.45) is 5.73 Å². The fourth-order valence-electron chi connectivity index (χ4n) is 2.16. The zero-order valence-electron chi connectivity index (χ0n) is 11.0. The minimum absolute atomic E-state index is 0.325. The van der Waals surface area contributed by atoms with Crippen LogP contribution in [0, 0.1) is 5.82 Å². The van der Waals surface area contributed by atoms with Crippen molar-refractivity contribution in [1.29, 1.82) is 0 Å². The van der Waals surface area contributed by atoms with Gasteiger partial charge in [-0.3, -0.25) is 9.59 Å². The van der Waals surface area contributed by atoms with Crippen molar-refractivity contribution in [3.05, 3.63) is 59.4 Å². The predicted molar refractivity (Wildman–Crippen MR) is 73.3 cm³/mol. The lowest BCUT2D eigenvalue weighted by Crippen LogP contribution is -2.50. The van der Waals surface area contributed by atoms with E-state index in [-0.39, 0.29) is 5.91 Å². The molecule has 0 heterocycles. The van der Waals surface area contributed by atoms with Gasteiger partial charge in [0.15, 0.2) is 0 Å². The molecule has 4 nitrogen and oxygen atoms in total. The van der Waals surface area contributed by atoms with E-state index < -0.39 is 17.3 Å². The molecule has 20 heavy (non-hydrogen) atoms. The van der Waals surface area contributed by atoms with Crippen molar-refractivity contribution < 1.29 is 14.0 Å². The second-order valence-electron chi connectivity index (χ2n) is 4.87. The van der Waals surface area contributed by atoms with E-state index >= 15 is 0 Å². The van der Waals surface area contributed by atoms with Gasteiger partial charge in [-0.05, 0) is 37.6 Å². The molecule has 2 rings (SSSR count). The quantitative estimate of drug-likeness (QED) is 0.880. The Morgan fingerprint density at radius 3 is 2.55 bits per heavy atom. The Morgan fingerprint density at radius 2 is 1.95 bits per heavy atom. The summed E-state index contributed by atoms with van der Waals surface area (Å²) in [5.74, 6) is -1.36. The maximum atomic E-state index is 12.8. The van der Waals surface area contributed by atoms with Crippen LogP contribution in [-0.2, 0) is 4.79 Å². The molecule has 0 aliphatic heterocycles. The lowest BCUT2D eigenvalue weighted by molar-refractivity contribution is -0.115. The fourth-order valence-corrected chi connectivity index (χ4v) is 2.16. The normalized spacial score (nSPS) is 21.2. The highest BCUT2D eigenvalue weighted by atomic mass is 19.1. The summed E-state index contributed by atoms with van der Waals surface area (Å²) in [6.07, 6.45) is 5.63. The Balaban J connectivity index is 2.22. The molecule has 0 saturated carbocycles. The van der Waals surface area contributed by atoms with Gasteiger partial charge in [0.2, 0.25) is 5.91 Å². The number of rotatable bonds is 3. The number of benzene rings is 1. The molecular formula is C15H15FN2O2. The molecule has 2 amide bonds. The van der Waals surface area contributed by atoms with E-state index in [0.717, 1.165) is 0 Å². The molecule has 0 saturated heterocycles. The van der Waals surface area contributed by atoms with E-state index in [2.05, 4.69) is 5.32 Å². The summed E-state index contributed by atoms with van der Waals surface area (Å²) in [7, 11) is 0. The molecule has 1 aromatic rings. The molecule has 1 aromatic carbocycles. The number of primary amides is 1. The number of nitrogens with two attached hydrogens (primary N) is 1. The third-order valence-electron chi connectivity index (χ3n) is 3.28. The number of hydrogen-bond donors (Lipinski definition) is 2. The van der Waals surface area contributed by atoms with Gasteiger partial charge >= 0.3 is 0 Å². The van der Waals surface area contributed by atoms with Crippen molar-refractivity contribution >= 4 is 11.8 Å². The van der Waals surface area contributed by atoms with Gasteiger partial charge in [-0.25, -0.2) is 4.39 Å². The zero-order valence-corrected chi connectivity index (χ0v) is 11.0. The summed E-state index contributed by atoms with van der Waals surface area (Å²) in [4.78, 5) is 23.6. The van der Waals surface area contributed by atoms with Crippen molar-refractivity contribution in [3.63, 3.8) is 0 Å². The largest absolute Gasteiger partial charge is 0.366 e. The van der Waals surface area contributed by atoms with Crippen LogP contribution in [0.15, 0.2) is 48.1 Å². The first kappa shape index (κ1) is 14.0. The van der Waals surface area contributed by atoms with Crippen LogP contribution >= 0.6 is 0 Å². The molecule has 5 heteroatoms. The third kappa shape index (κ3) is 2.77. The average molecular weight is 274 g/mol. The molecule has 1 unspecified atom stereocenters. The van der Waals surface area contributed by atoms with E-state index in [1.54, 1.807) is 19.1 Å². The van der Waals surface area contributed by atoms with Gasteiger partial charge in [0.25, 0.3) is 5.91 Å². The third-order valence-corrected chi connectivity index (χ3v) is 3.28. The number of carbonyl (C=O) groups is 2. The van der Waals surface area contributed by atoms with Crippen molar-refractivity contribution in [1.82, 2.24) is 5.32 Å². The minimum atomic E-state index is -0.855. The SMILES string of the molecule is CC1(NC(=O)c2ccc(F)cc2)CC=CC=C1C(N)=O. The van der Waals surface area contributed by atoms with E-state index in [1.807, 2.05) is 6.08 Å². The smallest absolute Gasteiger partial charge is 0.251 e. The van der Waals surface area contributed by atoms with Crippen LogP contribution in [-0.4, -0.2) is 17.4 Å². The van der Waals surface area contributed by atoms with Gasteiger partial charge in [0.1, 0.15) is 5.82 Å². The summed E-state index contributed by atoms with van der Waals surface area (Å²) in [6.45, 7) is 1.73. The van der Waals surface area contributed by atoms with E-state index in [0.29, 0.717) is 17.6 Å². The maximum Gasteiger partial charge on any atom is 0.251 e. The number of nitrogens with one attached hydrogen (secondary N) is 1. The van der Waals surface area contributed by atoms with E-state index in [4.69, 9.17) is 5.73 Å². The van der Waals surface area contributed by atoms with E-state index in [1.165, 1.54) is 24.3 Å². The average Bonchev–Trinajstić information content (AvgIpc) is 2.39. The summed E-state index contributed by atoms with van der Waals surface area (Å²) < 4.78 is 12.8. The van der Waals surface area contributed by atoms with Crippen LogP contribution in [0.2, 0.25) is 0 Å². The van der Waals surface area contributed by atoms with Gasteiger partial charge < -0.3 is 11.1 Å². The number of carbonyl (C=O) groups excluding carboxylic acids is 2. The summed E-state index contributed by atoms with van der Waals surface area (Å²) >= 11 is 0. The number of allylic oxidation sites excluding steroid dienone is 2. The van der Waals surface area contributed by atoms with Gasteiger partial charge in [-0.15, -0.1) is 0 Å². The monoisotopic (exact) mass is 274 g/mol. The molecule has 104 valence electrons. The molecule has 0 spiro atoms. The van der Waals surface area contributed by atoms with Crippen molar-refractivity contribution in [3.8, 4) is 0 Å². The Morgan fingerprint density at radius 1 is 1.30 bits per heavy atom. The van der Waals surface area contributed by atoms with Crippen molar-refractivity contribution in [2.45, 2.75) is 18.9 Å². The first-order chi connectivity index (χ1) is 9.42. The van der Waals surface area contributed by atoms with Gasteiger partial charge in [0, 0.05) is 11.1 Å². The van der Waals surface area contributed by atoms with Gasteiger partial charge in [-0.1, -0.05) is 18.2 Å². The molecule has 1 atom stereocenters. The Hall–Kier alpha value is -2.43. The predicted octanol–water partition coefficient (Wildman–Crippen LogP) is 1.69. The maximum absolute atomic E-state index is 12.8. The van der Waals surface area contributed by atoms with Gasteiger partial charge in [0.05, 0.1) is 5.54 Å².